The maximum Gasteiger partial charge on any atom is 0.336 e. The van der Waals surface area contributed by atoms with Crippen LogP contribution in [0, 0.1) is 16.7 Å². The highest BCUT2D eigenvalue weighted by atomic mass is 79.9. The number of carboxylic acids is 1. The van der Waals surface area contributed by atoms with Crippen LogP contribution in [0.1, 0.15) is 30.6 Å². The van der Waals surface area contributed by atoms with Gasteiger partial charge < -0.3 is 5.11 Å². The zero-order valence-corrected chi connectivity index (χ0v) is 13.5. The highest BCUT2D eigenvalue weighted by molar-refractivity contribution is 9.10. The lowest BCUT2D eigenvalue weighted by Gasteiger charge is -2.15. The topological polar surface area (TPSA) is 95.2 Å². The van der Waals surface area contributed by atoms with Crippen molar-refractivity contribution < 1.29 is 18.3 Å². The zero-order valence-electron chi connectivity index (χ0n) is 11.1. The van der Waals surface area contributed by atoms with Crippen LogP contribution in [0.15, 0.2) is 27.6 Å². The van der Waals surface area contributed by atoms with Crippen molar-refractivity contribution in [2.24, 2.45) is 5.41 Å². The lowest BCUT2D eigenvalue weighted by Crippen LogP contribution is -2.16. The first kappa shape index (κ1) is 16.7. The fourth-order valence-corrected chi connectivity index (χ4v) is 3.43. The number of halogens is 1. The summed E-state index contributed by atoms with van der Waals surface area (Å²) in [5.74, 6) is -1.40. The minimum absolute atomic E-state index is 0.0492. The minimum Gasteiger partial charge on any atom is -0.478 e. The molecule has 0 saturated heterocycles. The molecule has 0 bridgehead atoms. The Bertz CT molecular complexity index is 674. The Morgan fingerprint density at radius 1 is 1.45 bits per heavy atom. The lowest BCUT2D eigenvalue weighted by molar-refractivity contribution is 0.0695. The van der Waals surface area contributed by atoms with E-state index in [1.165, 1.54) is 12.1 Å². The van der Waals surface area contributed by atoms with Crippen LogP contribution in [0.25, 0.3) is 0 Å². The van der Waals surface area contributed by atoms with E-state index in [1.54, 1.807) is 13.8 Å². The van der Waals surface area contributed by atoms with E-state index < -0.39 is 21.2 Å². The molecule has 0 atom stereocenters. The summed E-state index contributed by atoms with van der Waals surface area (Å²) in [6.07, 6.45) is 0.185. The third-order valence-electron chi connectivity index (χ3n) is 2.83. The van der Waals surface area contributed by atoms with Crippen LogP contribution < -0.4 is 0 Å². The molecule has 0 saturated carbocycles. The largest absolute Gasteiger partial charge is 0.478 e. The molecule has 0 aliphatic rings. The second-order valence-electron chi connectivity index (χ2n) is 5.01. The van der Waals surface area contributed by atoms with Crippen LogP contribution in [0.4, 0.5) is 0 Å². The van der Waals surface area contributed by atoms with Gasteiger partial charge in [-0.2, -0.15) is 5.26 Å². The monoisotopic (exact) mass is 359 g/mol. The number of nitriles is 1. The Morgan fingerprint density at radius 3 is 2.55 bits per heavy atom. The van der Waals surface area contributed by atoms with Crippen molar-refractivity contribution in [3.63, 3.8) is 0 Å². The normalized spacial score (nSPS) is 11.9. The molecular weight excluding hydrogens is 346 g/mol. The molecular formula is C13H14BrNO4S. The van der Waals surface area contributed by atoms with Gasteiger partial charge in [-0.25, -0.2) is 13.2 Å². The van der Waals surface area contributed by atoms with E-state index >= 15 is 0 Å². The van der Waals surface area contributed by atoms with Gasteiger partial charge in [0.05, 0.1) is 27.7 Å². The van der Waals surface area contributed by atoms with E-state index in [2.05, 4.69) is 15.9 Å². The highest BCUT2D eigenvalue weighted by Gasteiger charge is 2.24. The van der Waals surface area contributed by atoms with Gasteiger partial charge in [-0.05, 0) is 54.4 Å². The summed E-state index contributed by atoms with van der Waals surface area (Å²) in [4.78, 5) is 10.9. The first-order chi connectivity index (χ1) is 9.09. The minimum atomic E-state index is -3.61. The molecule has 0 aromatic heterocycles. The number of rotatable bonds is 5. The van der Waals surface area contributed by atoms with Crippen molar-refractivity contribution >= 4 is 31.7 Å². The van der Waals surface area contributed by atoms with Gasteiger partial charge in [0.15, 0.2) is 9.84 Å². The summed E-state index contributed by atoms with van der Waals surface area (Å²) in [6.45, 7) is 3.32. The predicted molar refractivity (Wildman–Crippen MR) is 77.2 cm³/mol. The first-order valence-electron chi connectivity index (χ1n) is 5.76. The van der Waals surface area contributed by atoms with Crippen LogP contribution in [0.5, 0.6) is 0 Å². The second-order valence-corrected chi connectivity index (χ2v) is 7.97. The van der Waals surface area contributed by atoms with Crippen molar-refractivity contribution in [1.82, 2.24) is 0 Å². The molecule has 1 N–H and O–H groups in total. The Balaban J connectivity index is 3.09. The highest BCUT2D eigenvalue weighted by Crippen LogP contribution is 2.25. The number of carboxylic acid groups (broad SMARTS) is 1. The molecule has 0 aliphatic heterocycles. The molecule has 108 valence electrons. The maximum atomic E-state index is 12.2. The van der Waals surface area contributed by atoms with Crippen LogP contribution in [-0.2, 0) is 9.84 Å². The number of sulfone groups is 1. The van der Waals surface area contributed by atoms with Gasteiger partial charge in [-0.3, -0.25) is 0 Å². The number of nitrogens with zero attached hydrogens (tertiary/aromatic N) is 1. The predicted octanol–water partition coefficient (Wildman–Crippen LogP) is 2.86. The molecule has 1 rings (SSSR count). The zero-order chi connectivity index (χ0) is 15.6. The number of carbonyl (C=O) groups is 1. The molecule has 0 unspecified atom stereocenters. The van der Waals surface area contributed by atoms with E-state index in [-0.39, 0.29) is 22.6 Å². The molecule has 0 heterocycles. The summed E-state index contributed by atoms with van der Waals surface area (Å²) < 4.78 is 24.6. The summed E-state index contributed by atoms with van der Waals surface area (Å²) in [5, 5.41) is 17.9. The van der Waals surface area contributed by atoms with Gasteiger partial charge in [0.1, 0.15) is 0 Å². The molecule has 0 spiro atoms. The van der Waals surface area contributed by atoms with E-state index in [0.717, 1.165) is 6.07 Å². The summed E-state index contributed by atoms with van der Waals surface area (Å²) in [7, 11) is -3.61. The van der Waals surface area contributed by atoms with Crippen molar-refractivity contribution in [3.8, 4) is 6.07 Å². The quantitative estimate of drug-likeness (QED) is 0.871. The van der Waals surface area contributed by atoms with Gasteiger partial charge in [0.2, 0.25) is 0 Å². The van der Waals surface area contributed by atoms with Gasteiger partial charge >= 0.3 is 5.97 Å². The Morgan fingerprint density at radius 2 is 2.05 bits per heavy atom. The van der Waals surface area contributed by atoms with Gasteiger partial charge in [-0.15, -0.1) is 0 Å². The molecule has 0 fully saturated rings. The van der Waals surface area contributed by atoms with Crippen LogP contribution in [-0.4, -0.2) is 25.2 Å². The SMILES string of the molecule is CC(C)(C#N)CCS(=O)(=O)c1ccc(Br)c(C(=O)O)c1. The van der Waals surface area contributed by atoms with Gasteiger partial charge in [0.25, 0.3) is 0 Å². The molecule has 7 heteroatoms. The van der Waals surface area contributed by atoms with Crippen LogP contribution in [0.3, 0.4) is 0 Å². The van der Waals surface area contributed by atoms with Crippen LogP contribution >= 0.6 is 15.9 Å². The first-order valence-corrected chi connectivity index (χ1v) is 8.20. The molecule has 1 aromatic rings. The molecule has 0 amide bonds. The summed E-state index contributed by atoms with van der Waals surface area (Å²) in [6, 6.07) is 5.91. The number of aromatic carboxylic acids is 1. The number of hydrogen-bond acceptors (Lipinski definition) is 4. The summed E-state index contributed by atoms with van der Waals surface area (Å²) >= 11 is 3.06. The Labute approximate surface area is 126 Å². The smallest absolute Gasteiger partial charge is 0.336 e. The Kier molecular flexibility index (Phi) is 4.95. The average molecular weight is 360 g/mol. The van der Waals surface area contributed by atoms with E-state index in [9.17, 15) is 13.2 Å². The molecule has 0 radical (unpaired) electrons. The number of benzene rings is 1. The molecule has 20 heavy (non-hydrogen) atoms. The molecule has 5 nitrogen and oxygen atoms in total. The fraction of sp³-hybridized carbons (Fsp3) is 0.385. The van der Waals surface area contributed by atoms with E-state index in [1.807, 2.05) is 6.07 Å². The van der Waals surface area contributed by atoms with Crippen molar-refractivity contribution in [2.75, 3.05) is 5.75 Å². The summed E-state index contributed by atoms with van der Waals surface area (Å²) in [5.41, 5.74) is -0.844. The lowest BCUT2D eigenvalue weighted by atomic mass is 9.93. The maximum absolute atomic E-state index is 12.2. The average Bonchev–Trinajstić information content (AvgIpc) is 2.36. The van der Waals surface area contributed by atoms with Crippen LogP contribution in [0.2, 0.25) is 0 Å². The van der Waals surface area contributed by atoms with Crippen molar-refractivity contribution in [2.45, 2.75) is 25.2 Å². The molecule has 0 aliphatic carbocycles. The standard InChI is InChI=1S/C13H14BrNO4S/c1-13(2,8-15)5-6-20(18,19)9-3-4-11(14)10(7-9)12(16)17/h3-4,7H,5-6H2,1-2H3,(H,16,17). The molecule has 1 aromatic carbocycles. The number of hydrogen-bond donors (Lipinski definition) is 1. The van der Waals surface area contributed by atoms with Gasteiger partial charge in [0, 0.05) is 4.47 Å². The third kappa shape index (κ3) is 4.05. The van der Waals surface area contributed by atoms with Crippen molar-refractivity contribution in [3.05, 3.63) is 28.2 Å². The second kappa shape index (κ2) is 5.94. The third-order valence-corrected chi connectivity index (χ3v) is 5.23. The van der Waals surface area contributed by atoms with E-state index in [0.29, 0.717) is 4.47 Å². The fourth-order valence-electron chi connectivity index (χ4n) is 1.43. The van der Waals surface area contributed by atoms with Crippen molar-refractivity contribution in [1.29, 1.82) is 5.26 Å². The Hall–Kier alpha value is -1.39. The van der Waals surface area contributed by atoms with Gasteiger partial charge in [-0.1, -0.05) is 0 Å². The van der Waals surface area contributed by atoms with E-state index in [4.69, 9.17) is 10.4 Å².